The molecule has 0 spiro atoms. The Balaban J connectivity index is 2.19. The van der Waals surface area contributed by atoms with Crippen LogP contribution in [0.25, 0.3) is 10.2 Å². The minimum absolute atomic E-state index is 0.395. The van der Waals surface area contributed by atoms with Crippen LogP contribution in [-0.2, 0) is 9.59 Å². The molecule has 3 N–H and O–H groups in total. The van der Waals surface area contributed by atoms with Gasteiger partial charge >= 0.3 is 5.97 Å². The number of carbonyl (C=O) groups excluding carboxylic acids is 2. The van der Waals surface area contributed by atoms with Crippen LogP contribution in [0.1, 0.15) is 38.1 Å². The maximum Gasteiger partial charge on any atom is 0.325 e. The van der Waals surface area contributed by atoms with Crippen LogP contribution < -0.4 is 10.6 Å². The Morgan fingerprint density at radius 1 is 1.20 bits per heavy atom. The third kappa shape index (κ3) is 4.54. The van der Waals surface area contributed by atoms with Crippen molar-refractivity contribution in [3.05, 3.63) is 29.3 Å². The van der Waals surface area contributed by atoms with E-state index < -0.39 is 35.3 Å². The van der Waals surface area contributed by atoms with Gasteiger partial charge in [0, 0.05) is 5.56 Å². The fourth-order valence-corrected chi connectivity index (χ4v) is 2.96. The van der Waals surface area contributed by atoms with Crippen molar-refractivity contribution in [3.63, 3.8) is 0 Å². The van der Waals surface area contributed by atoms with Crippen molar-refractivity contribution in [2.75, 3.05) is 0 Å². The number of hydrogen-bond acceptors (Lipinski definition) is 5. The molecule has 0 saturated carbocycles. The van der Waals surface area contributed by atoms with Crippen molar-refractivity contribution in [1.29, 1.82) is 0 Å². The lowest BCUT2D eigenvalue weighted by atomic mass is 9.85. The quantitative estimate of drug-likeness (QED) is 0.753. The number of thiazole rings is 1. The second kappa shape index (κ2) is 7.18. The zero-order valence-corrected chi connectivity index (χ0v) is 15.3. The zero-order chi connectivity index (χ0) is 18.8. The molecule has 2 amide bonds. The summed E-state index contributed by atoms with van der Waals surface area (Å²) in [6.45, 7) is 6.78. The molecule has 2 aromatic rings. The number of carbonyl (C=O) groups is 3. The van der Waals surface area contributed by atoms with Gasteiger partial charge in [0.1, 0.15) is 12.1 Å². The van der Waals surface area contributed by atoms with Gasteiger partial charge in [0.15, 0.2) is 0 Å². The van der Waals surface area contributed by atoms with Crippen LogP contribution in [0.4, 0.5) is 0 Å². The maximum atomic E-state index is 12.6. The van der Waals surface area contributed by atoms with E-state index in [1.165, 1.54) is 18.3 Å². The van der Waals surface area contributed by atoms with E-state index in [4.69, 9.17) is 5.11 Å². The Hall–Kier alpha value is -2.48. The zero-order valence-electron chi connectivity index (χ0n) is 14.5. The second-order valence-electron chi connectivity index (χ2n) is 6.88. The monoisotopic (exact) mass is 363 g/mol. The Morgan fingerprint density at radius 3 is 2.48 bits per heavy atom. The van der Waals surface area contributed by atoms with Crippen LogP contribution in [-0.4, -0.2) is 40.0 Å². The summed E-state index contributed by atoms with van der Waals surface area (Å²) in [6, 6.07) is 3.20. The molecule has 25 heavy (non-hydrogen) atoms. The molecule has 0 saturated heterocycles. The third-order valence-corrected chi connectivity index (χ3v) is 4.52. The van der Waals surface area contributed by atoms with E-state index in [0.29, 0.717) is 5.56 Å². The molecule has 0 aliphatic carbocycles. The fourth-order valence-electron chi connectivity index (χ4n) is 2.24. The Morgan fingerprint density at radius 2 is 1.88 bits per heavy atom. The van der Waals surface area contributed by atoms with Crippen LogP contribution in [0.2, 0.25) is 0 Å². The molecule has 0 aliphatic rings. The number of carboxylic acid groups (broad SMARTS) is 1. The maximum absolute atomic E-state index is 12.6. The van der Waals surface area contributed by atoms with Crippen LogP contribution >= 0.6 is 11.3 Å². The summed E-state index contributed by atoms with van der Waals surface area (Å²) in [5.74, 6) is -2.06. The van der Waals surface area contributed by atoms with Crippen molar-refractivity contribution in [1.82, 2.24) is 15.6 Å². The lowest BCUT2D eigenvalue weighted by Gasteiger charge is -2.31. The molecule has 8 heteroatoms. The van der Waals surface area contributed by atoms with Gasteiger partial charge in [-0.3, -0.25) is 14.4 Å². The van der Waals surface area contributed by atoms with E-state index >= 15 is 0 Å². The van der Waals surface area contributed by atoms with Gasteiger partial charge in [0.25, 0.3) is 5.91 Å². The first-order valence-corrected chi connectivity index (χ1v) is 8.65. The first-order valence-electron chi connectivity index (χ1n) is 7.77. The van der Waals surface area contributed by atoms with Crippen LogP contribution in [0.5, 0.6) is 0 Å². The molecule has 2 unspecified atom stereocenters. The number of nitrogens with one attached hydrogen (secondary N) is 2. The molecular formula is C17H21N3O4S. The van der Waals surface area contributed by atoms with E-state index in [0.717, 1.165) is 10.2 Å². The highest BCUT2D eigenvalue weighted by atomic mass is 32.1. The Bertz CT molecular complexity index is 810. The molecule has 1 aromatic heterocycles. The summed E-state index contributed by atoms with van der Waals surface area (Å²) < 4.78 is 0.879. The van der Waals surface area contributed by atoms with Crippen molar-refractivity contribution >= 4 is 39.3 Å². The highest BCUT2D eigenvalue weighted by molar-refractivity contribution is 7.16. The SMILES string of the molecule is CC(NC(=O)C(NC(=O)c1ccc2ncsc2c1)C(C)(C)C)C(=O)O. The molecule has 2 rings (SSSR count). The number of benzene rings is 1. The smallest absolute Gasteiger partial charge is 0.325 e. The number of aliphatic carboxylic acids is 1. The molecular weight excluding hydrogens is 342 g/mol. The largest absolute Gasteiger partial charge is 0.480 e. The molecule has 7 nitrogen and oxygen atoms in total. The van der Waals surface area contributed by atoms with Gasteiger partial charge in [-0.25, -0.2) is 4.98 Å². The predicted octanol–water partition coefficient (Wildman–Crippen LogP) is 2.03. The normalized spacial score (nSPS) is 13.9. The molecule has 0 aliphatic heterocycles. The molecule has 2 atom stereocenters. The van der Waals surface area contributed by atoms with Crippen LogP contribution in [0.15, 0.2) is 23.7 Å². The second-order valence-corrected chi connectivity index (χ2v) is 7.76. The van der Waals surface area contributed by atoms with Crippen LogP contribution in [0.3, 0.4) is 0 Å². The van der Waals surface area contributed by atoms with E-state index in [1.807, 2.05) is 0 Å². The van der Waals surface area contributed by atoms with Crippen molar-refractivity contribution in [2.24, 2.45) is 5.41 Å². The number of nitrogens with zero attached hydrogens (tertiary/aromatic N) is 1. The Labute approximate surface area is 149 Å². The summed E-state index contributed by atoms with van der Waals surface area (Å²) in [6.07, 6.45) is 0. The van der Waals surface area contributed by atoms with Gasteiger partial charge in [-0.1, -0.05) is 20.8 Å². The summed E-state index contributed by atoms with van der Waals surface area (Å²) >= 11 is 1.43. The minimum atomic E-state index is -1.14. The number of carboxylic acids is 1. The average molecular weight is 363 g/mol. The van der Waals surface area contributed by atoms with E-state index in [9.17, 15) is 14.4 Å². The number of aromatic nitrogens is 1. The predicted molar refractivity (Wildman–Crippen MR) is 95.6 cm³/mol. The standard InChI is InChI=1S/C17H21N3O4S/c1-9(16(23)24)19-15(22)13(17(2,3)4)20-14(21)10-5-6-11-12(7-10)25-8-18-11/h5-9,13H,1-4H3,(H,19,22)(H,20,21)(H,23,24). The summed E-state index contributed by atoms with van der Waals surface area (Å²) in [7, 11) is 0. The highest BCUT2D eigenvalue weighted by Crippen LogP contribution is 2.22. The van der Waals surface area contributed by atoms with Crippen molar-refractivity contribution in [3.8, 4) is 0 Å². The molecule has 0 fully saturated rings. The van der Waals surface area contributed by atoms with Gasteiger partial charge in [0.2, 0.25) is 5.91 Å². The molecule has 1 heterocycles. The lowest BCUT2D eigenvalue weighted by Crippen LogP contribution is -2.56. The fraction of sp³-hybridized carbons (Fsp3) is 0.412. The Kier molecular flexibility index (Phi) is 5.42. The number of hydrogen-bond donors (Lipinski definition) is 3. The number of rotatable bonds is 5. The summed E-state index contributed by atoms with van der Waals surface area (Å²) in [4.78, 5) is 40.1. The highest BCUT2D eigenvalue weighted by Gasteiger charge is 2.34. The molecule has 1 aromatic carbocycles. The first-order chi connectivity index (χ1) is 11.6. The van der Waals surface area contributed by atoms with Gasteiger partial charge < -0.3 is 15.7 Å². The van der Waals surface area contributed by atoms with Crippen molar-refractivity contribution < 1.29 is 19.5 Å². The van der Waals surface area contributed by atoms with E-state index in [1.54, 1.807) is 44.5 Å². The van der Waals surface area contributed by atoms with Gasteiger partial charge in [-0.05, 0) is 30.5 Å². The summed E-state index contributed by atoms with van der Waals surface area (Å²) in [5.41, 5.74) is 2.34. The van der Waals surface area contributed by atoms with E-state index in [-0.39, 0.29) is 0 Å². The van der Waals surface area contributed by atoms with E-state index in [2.05, 4.69) is 15.6 Å². The third-order valence-electron chi connectivity index (χ3n) is 3.73. The number of fused-ring (bicyclic) bond motifs is 1. The van der Waals surface area contributed by atoms with Crippen LogP contribution in [0, 0.1) is 5.41 Å². The topological polar surface area (TPSA) is 108 Å². The lowest BCUT2D eigenvalue weighted by molar-refractivity contribution is -0.142. The molecule has 134 valence electrons. The van der Waals surface area contributed by atoms with Crippen molar-refractivity contribution in [2.45, 2.75) is 39.8 Å². The first kappa shape index (κ1) is 18.9. The van der Waals surface area contributed by atoms with Gasteiger partial charge in [-0.2, -0.15) is 0 Å². The minimum Gasteiger partial charge on any atom is -0.480 e. The summed E-state index contributed by atoms with van der Waals surface area (Å²) in [5, 5.41) is 14.1. The molecule has 0 radical (unpaired) electrons. The average Bonchev–Trinajstić information content (AvgIpc) is 2.98. The number of amides is 2. The van der Waals surface area contributed by atoms with Gasteiger partial charge in [-0.15, -0.1) is 11.3 Å². The van der Waals surface area contributed by atoms with Gasteiger partial charge in [0.05, 0.1) is 15.7 Å². The molecule has 0 bridgehead atoms.